The van der Waals surface area contributed by atoms with Crippen molar-refractivity contribution in [2.75, 3.05) is 25.1 Å². The van der Waals surface area contributed by atoms with Gasteiger partial charge in [-0.3, -0.25) is 14.4 Å². The maximum Gasteiger partial charge on any atom is 0.227 e. The molecule has 3 unspecified atom stereocenters. The maximum absolute atomic E-state index is 12.3. The molecule has 0 spiro atoms. The molecule has 1 heterocycles. The van der Waals surface area contributed by atoms with Crippen LogP contribution in [0.25, 0.3) is 0 Å². The van der Waals surface area contributed by atoms with E-state index in [2.05, 4.69) is 17.4 Å². The first-order valence-electron chi connectivity index (χ1n) is 9.68. The first-order chi connectivity index (χ1) is 13.0. The van der Waals surface area contributed by atoms with Crippen LogP contribution >= 0.6 is 0 Å². The number of nitrogens with zero attached hydrogens (tertiary/aromatic N) is 1. The summed E-state index contributed by atoms with van der Waals surface area (Å²) >= 11 is 0. The molecule has 1 aromatic rings. The predicted octanol–water partition coefficient (Wildman–Crippen LogP) is 2.42. The highest BCUT2D eigenvalue weighted by Crippen LogP contribution is 2.33. The molecule has 1 saturated heterocycles. The van der Waals surface area contributed by atoms with Crippen molar-refractivity contribution in [2.24, 2.45) is 5.92 Å². The average molecular weight is 372 g/mol. The second-order valence-corrected chi connectivity index (χ2v) is 7.61. The molecule has 2 aliphatic rings. The summed E-state index contributed by atoms with van der Waals surface area (Å²) in [6.07, 6.45) is 3.30. The molecule has 1 N–H and O–H groups in total. The number of ether oxygens (including phenoxy) is 1. The number of carbonyl (C=O) groups excluding carboxylic acids is 3. The van der Waals surface area contributed by atoms with Gasteiger partial charge in [-0.15, -0.1) is 0 Å². The van der Waals surface area contributed by atoms with Crippen LogP contribution < -0.4 is 10.2 Å². The summed E-state index contributed by atoms with van der Waals surface area (Å²) in [5, 5.41) is 2.79. The van der Waals surface area contributed by atoms with Gasteiger partial charge < -0.3 is 15.0 Å². The van der Waals surface area contributed by atoms with Gasteiger partial charge in [0.2, 0.25) is 11.8 Å². The van der Waals surface area contributed by atoms with E-state index in [4.69, 9.17) is 4.74 Å². The molecular formula is C21H28N2O4. The minimum Gasteiger partial charge on any atom is -0.374 e. The monoisotopic (exact) mass is 372 g/mol. The van der Waals surface area contributed by atoms with Gasteiger partial charge in [0.15, 0.2) is 5.78 Å². The van der Waals surface area contributed by atoms with Crippen molar-refractivity contribution < 1.29 is 19.1 Å². The molecule has 6 nitrogen and oxygen atoms in total. The van der Waals surface area contributed by atoms with Crippen molar-refractivity contribution in [1.82, 2.24) is 5.32 Å². The van der Waals surface area contributed by atoms with E-state index in [-0.39, 0.29) is 29.6 Å². The summed E-state index contributed by atoms with van der Waals surface area (Å²) in [4.78, 5) is 37.2. The van der Waals surface area contributed by atoms with Crippen LogP contribution in [0, 0.1) is 5.92 Å². The van der Waals surface area contributed by atoms with Gasteiger partial charge in [0, 0.05) is 51.6 Å². The minimum absolute atomic E-state index is 0.0668. The number of Topliss-reactive ketones (excluding diaryl/α,β-unsaturated/α-hetero) is 1. The van der Waals surface area contributed by atoms with E-state index in [1.807, 2.05) is 12.1 Å². The number of nitrogens with one attached hydrogen (secondary N) is 1. The van der Waals surface area contributed by atoms with Crippen LogP contribution in [0.3, 0.4) is 0 Å². The fraction of sp³-hybridized carbons (Fsp3) is 0.571. The second-order valence-electron chi connectivity index (χ2n) is 7.61. The maximum atomic E-state index is 12.3. The van der Waals surface area contributed by atoms with Gasteiger partial charge in [0.1, 0.15) is 6.10 Å². The smallest absolute Gasteiger partial charge is 0.227 e. The van der Waals surface area contributed by atoms with Gasteiger partial charge >= 0.3 is 0 Å². The normalized spacial score (nSPS) is 26.1. The van der Waals surface area contributed by atoms with Gasteiger partial charge in [-0.1, -0.05) is 12.1 Å². The molecule has 27 heavy (non-hydrogen) atoms. The highest BCUT2D eigenvalue weighted by molar-refractivity contribution is 5.95. The average Bonchev–Trinajstić information content (AvgIpc) is 2.92. The molecule has 146 valence electrons. The Morgan fingerprint density at radius 3 is 2.59 bits per heavy atom. The lowest BCUT2D eigenvalue weighted by molar-refractivity contribution is -0.128. The molecule has 3 rings (SSSR count). The van der Waals surface area contributed by atoms with Gasteiger partial charge in [-0.2, -0.15) is 0 Å². The van der Waals surface area contributed by atoms with Crippen molar-refractivity contribution in [1.29, 1.82) is 0 Å². The summed E-state index contributed by atoms with van der Waals surface area (Å²) in [6.45, 7) is 2.65. The molecule has 1 aliphatic heterocycles. The molecule has 6 heteroatoms. The van der Waals surface area contributed by atoms with Gasteiger partial charge in [0.05, 0.1) is 0 Å². The number of ketones is 1. The lowest BCUT2D eigenvalue weighted by Crippen LogP contribution is -2.29. The van der Waals surface area contributed by atoms with E-state index in [0.717, 1.165) is 24.9 Å². The zero-order valence-electron chi connectivity index (χ0n) is 16.1. The van der Waals surface area contributed by atoms with Crippen molar-refractivity contribution in [3.8, 4) is 0 Å². The topological polar surface area (TPSA) is 75.7 Å². The Balaban J connectivity index is 1.62. The van der Waals surface area contributed by atoms with E-state index in [9.17, 15) is 14.4 Å². The fourth-order valence-corrected chi connectivity index (χ4v) is 4.10. The van der Waals surface area contributed by atoms with E-state index < -0.39 is 0 Å². The lowest BCUT2D eigenvalue weighted by atomic mass is 9.91. The summed E-state index contributed by atoms with van der Waals surface area (Å²) < 4.78 is 5.29. The molecule has 0 aromatic heterocycles. The Labute approximate surface area is 160 Å². The first kappa shape index (κ1) is 19.5. The number of carbonyl (C=O) groups is 3. The standard InChI is InChI=1S/C21H28N2O4/c1-14(24)22-12-15-11-21(26)23(13-15)18-7-3-16(4-8-18)17-5-9-19(25)20(27-2)10-6-17/h3-4,7-8,15,17,20H,5-6,9-13H2,1-2H3,(H,22,24). The molecule has 0 bridgehead atoms. The number of anilines is 1. The molecule has 1 aliphatic carbocycles. The highest BCUT2D eigenvalue weighted by Gasteiger charge is 2.31. The van der Waals surface area contributed by atoms with Gasteiger partial charge in [-0.25, -0.2) is 0 Å². The molecule has 1 aromatic carbocycles. The quantitative estimate of drug-likeness (QED) is 0.806. The van der Waals surface area contributed by atoms with Crippen LogP contribution in [0.4, 0.5) is 5.69 Å². The Morgan fingerprint density at radius 1 is 1.19 bits per heavy atom. The molecular weight excluding hydrogens is 344 g/mol. The van der Waals surface area contributed by atoms with Gasteiger partial charge in [0.25, 0.3) is 0 Å². The predicted molar refractivity (Wildman–Crippen MR) is 103 cm³/mol. The van der Waals surface area contributed by atoms with Crippen LogP contribution in [0.5, 0.6) is 0 Å². The Hall–Kier alpha value is -2.21. The van der Waals surface area contributed by atoms with Crippen LogP contribution in [0.2, 0.25) is 0 Å². The van der Waals surface area contributed by atoms with Crippen LogP contribution in [0.15, 0.2) is 24.3 Å². The van der Waals surface area contributed by atoms with E-state index >= 15 is 0 Å². The molecule has 3 atom stereocenters. The number of rotatable bonds is 5. The Morgan fingerprint density at radius 2 is 1.93 bits per heavy atom. The van der Waals surface area contributed by atoms with Crippen molar-refractivity contribution in [3.05, 3.63) is 29.8 Å². The zero-order valence-corrected chi connectivity index (χ0v) is 16.1. The largest absolute Gasteiger partial charge is 0.374 e. The minimum atomic E-state index is -0.267. The Bertz CT molecular complexity index is 701. The number of amides is 2. The first-order valence-corrected chi connectivity index (χ1v) is 9.68. The molecule has 1 saturated carbocycles. The van der Waals surface area contributed by atoms with Crippen molar-refractivity contribution in [2.45, 2.75) is 51.0 Å². The van der Waals surface area contributed by atoms with E-state index in [1.165, 1.54) is 12.5 Å². The number of hydrogen-bond donors (Lipinski definition) is 1. The summed E-state index contributed by atoms with van der Waals surface area (Å²) in [5.74, 6) is 0.735. The van der Waals surface area contributed by atoms with Crippen LogP contribution in [-0.2, 0) is 19.1 Å². The van der Waals surface area contributed by atoms with E-state index in [1.54, 1.807) is 12.0 Å². The van der Waals surface area contributed by atoms with Crippen molar-refractivity contribution in [3.63, 3.8) is 0 Å². The molecule has 2 amide bonds. The second kappa shape index (κ2) is 8.65. The summed E-state index contributed by atoms with van der Waals surface area (Å²) in [5.41, 5.74) is 2.11. The van der Waals surface area contributed by atoms with Crippen LogP contribution in [0.1, 0.15) is 50.5 Å². The SMILES string of the molecule is COC1CCC(c2ccc(N3CC(CNC(C)=O)CC3=O)cc2)CCC1=O. The van der Waals surface area contributed by atoms with Gasteiger partial charge in [-0.05, 0) is 42.9 Å². The molecule has 2 fully saturated rings. The number of benzene rings is 1. The number of hydrogen-bond acceptors (Lipinski definition) is 4. The van der Waals surface area contributed by atoms with Crippen molar-refractivity contribution >= 4 is 23.3 Å². The fourth-order valence-electron chi connectivity index (χ4n) is 4.10. The van der Waals surface area contributed by atoms with E-state index in [0.29, 0.717) is 31.8 Å². The highest BCUT2D eigenvalue weighted by atomic mass is 16.5. The van der Waals surface area contributed by atoms with Crippen LogP contribution in [-0.4, -0.2) is 43.9 Å². The lowest BCUT2D eigenvalue weighted by Gasteiger charge is -2.19. The Kier molecular flexibility index (Phi) is 6.26. The third-order valence-electron chi connectivity index (χ3n) is 5.68. The third kappa shape index (κ3) is 4.75. The number of methoxy groups -OCH3 is 1. The zero-order chi connectivity index (χ0) is 19.4. The summed E-state index contributed by atoms with van der Waals surface area (Å²) in [7, 11) is 1.60. The third-order valence-corrected chi connectivity index (χ3v) is 5.68. The molecule has 0 radical (unpaired) electrons. The summed E-state index contributed by atoms with van der Waals surface area (Å²) in [6, 6.07) is 8.14.